The number of hydrogen-bond donors (Lipinski definition) is 1. The Hall–Kier alpha value is -2.10. The molecule has 0 saturated heterocycles. The van der Waals surface area contributed by atoms with Gasteiger partial charge in [0, 0.05) is 11.6 Å². The van der Waals surface area contributed by atoms with E-state index in [2.05, 4.69) is 4.98 Å². The van der Waals surface area contributed by atoms with Gasteiger partial charge in [-0.1, -0.05) is 0 Å². The third-order valence-electron chi connectivity index (χ3n) is 2.48. The smallest absolute Gasteiger partial charge is 0.336 e. The second-order valence-corrected chi connectivity index (χ2v) is 3.50. The van der Waals surface area contributed by atoms with Crippen molar-refractivity contribution in [1.82, 2.24) is 4.98 Å². The van der Waals surface area contributed by atoms with Crippen LogP contribution in [0.2, 0.25) is 0 Å². The lowest BCUT2D eigenvalue weighted by Gasteiger charge is -2.07. The summed E-state index contributed by atoms with van der Waals surface area (Å²) in [6.07, 6.45) is 1.51. The second-order valence-electron chi connectivity index (χ2n) is 3.50. The Kier molecular flexibility index (Phi) is 2.48. The number of benzene rings is 1. The first-order valence-electron chi connectivity index (χ1n) is 4.80. The molecule has 0 saturated carbocycles. The lowest BCUT2D eigenvalue weighted by atomic mass is 10.1. The van der Waals surface area contributed by atoms with Gasteiger partial charge in [0.15, 0.2) is 0 Å². The lowest BCUT2D eigenvalue weighted by Crippen LogP contribution is -1.99. The maximum Gasteiger partial charge on any atom is 0.336 e. The Morgan fingerprint density at radius 2 is 2.19 bits per heavy atom. The quantitative estimate of drug-likeness (QED) is 0.838. The van der Waals surface area contributed by atoms with E-state index in [9.17, 15) is 4.79 Å². The summed E-state index contributed by atoms with van der Waals surface area (Å²) in [5.41, 5.74) is 1.84. The average Bonchev–Trinajstić information content (AvgIpc) is 2.28. The highest BCUT2D eigenvalue weighted by Crippen LogP contribution is 2.25. The van der Waals surface area contributed by atoms with Gasteiger partial charge >= 0.3 is 5.97 Å². The molecule has 0 amide bonds. The molecular formula is C12H11NO3. The van der Waals surface area contributed by atoms with Crippen molar-refractivity contribution < 1.29 is 14.6 Å². The van der Waals surface area contributed by atoms with E-state index >= 15 is 0 Å². The third-order valence-corrected chi connectivity index (χ3v) is 2.48. The van der Waals surface area contributed by atoms with Crippen LogP contribution in [-0.4, -0.2) is 23.2 Å². The number of aromatic nitrogens is 1. The number of aromatic carboxylic acids is 1. The van der Waals surface area contributed by atoms with Crippen molar-refractivity contribution in [2.24, 2.45) is 0 Å². The summed E-state index contributed by atoms with van der Waals surface area (Å²) in [6, 6.07) is 5.02. The van der Waals surface area contributed by atoms with Crippen LogP contribution in [-0.2, 0) is 0 Å². The van der Waals surface area contributed by atoms with Crippen LogP contribution in [0.4, 0.5) is 0 Å². The molecule has 0 bridgehead atoms. The number of nitrogens with zero attached hydrogens (tertiary/aromatic N) is 1. The molecule has 16 heavy (non-hydrogen) atoms. The molecule has 0 aliphatic rings. The van der Waals surface area contributed by atoms with E-state index in [1.165, 1.54) is 12.3 Å². The van der Waals surface area contributed by atoms with Gasteiger partial charge in [0.1, 0.15) is 5.75 Å². The molecule has 1 aromatic carbocycles. The van der Waals surface area contributed by atoms with Crippen LogP contribution in [0.1, 0.15) is 15.9 Å². The van der Waals surface area contributed by atoms with E-state index in [4.69, 9.17) is 9.84 Å². The zero-order valence-electron chi connectivity index (χ0n) is 9.02. The van der Waals surface area contributed by atoms with Gasteiger partial charge < -0.3 is 9.84 Å². The first kappa shape index (κ1) is 10.4. The van der Waals surface area contributed by atoms with Gasteiger partial charge in [0.2, 0.25) is 0 Å². The molecule has 0 atom stereocenters. The zero-order valence-corrected chi connectivity index (χ0v) is 9.02. The maximum absolute atomic E-state index is 11.1. The molecular weight excluding hydrogens is 206 g/mol. The fourth-order valence-electron chi connectivity index (χ4n) is 1.70. The number of carboxylic acids is 1. The fraction of sp³-hybridized carbons (Fsp3) is 0.167. The molecule has 0 unspecified atom stereocenters. The predicted octanol–water partition coefficient (Wildman–Crippen LogP) is 2.25. The molecule has 0 fully saturated rings. The van der Waals surface area contributed by atoms with Crippen LogP contribution in [0.3, 0.4) is 0 Å². The third kappa shape index (κ3) is 1.58. The average molecular weight is 217 g/mol. The SMILES string of the molecule is COc1cc(C)c2nccc(C(=O)O)c2c1. The van der Waals surface area contributed by atoms with Gasteiger partial charge in [-0.25, -0.2) is 4.79 Å². The molecule has 1 heterocycles. The number of hydrogen-bond acceptors (Lipinski definition) is 3. The van der Waals surface area contributed by atoms with Crippen LogP contribution in [0.15, 0.2) is 24.4 Å². The molecule has 82 valence electrons. The minimum absolute atomic E-state index is 0.243. The van der Waals surface area contributed by atoms with Crippen molar-refractivity contribution in [2.75, 3.05) is 7.11 Å². The number of pyridine rings is 1. The minimum atomic E-state index is -0.958. The molecule has 0 spiro atoms. The van der Waals surface area contributed by atoms with Crippen molar-refractivity contribution in [1.29, 1.82) is 0 Å². The predicted molar refractivity (Wildman–Crippen MR) is 60.0 cm³/mol. The fourth-order valence-corrected chi connectivity index (χ4v) is 1.70. The summed E-state index contributed by atoms with van der Waals surface area (Å²) in [5.74, 6) is -0.319. The summed E-state index contributed by atoms with van der Waals surface area (Å²) in [5, 5.41) is 9.67. The number of carboxylic acid groups (broad SMARTS) is 1. The number of methoxy groups -OCH3 is 1. The minimum Gasteiger partial charge on any atom is -0.497 e. The maximum atomic E-state index is 11.1. The second kappa shape index (κ2) is 3.81. The van der Waals surface area contributed by atoms with Crippen LogP contribution >= 0.6 is 0 Å². The Morgan fingerprint density at radius 3 is 2.81 bits per heavy atom. The molecule has 0 radical (unpaired) electrons. The first-order valence-corrected chi connectivity index (χ1v) is 4.80. The Morgan fingerprint density at radius 1 is 1.44 bits per heavy atom. The van der Waals surface area contributed by atoms with Gasteiger partial charge in [0.25, 0.3) is 0 Å². The summed E-state index contributed by atoms with van der Waals surface area (Å²) in [6.45, 7) is 1.88. The van der Waals surface area contributed by atoms with Crippen molar-refractivity contribution >= 4 is 16.9 Å². The molecule has 1 aromatic heterocycles. The molecule has 4 heteroatoms. The van der Waals surface area contributed by atoms with Crippen molar-refractivity contribution in [3.63, 3.8) is 0 Å². The standard InChI is InChI=1S/C12H11NO3/c1-7-5-8(16-2)6-10-9(12(14)15)3-4-13-11(7)10/h3-6H,1-2H3,(H,14,15). The lowest BCUT2D eigenvalue weighted by molar-refractivity contribution is 0.0699. The van der Waals surface area contributed by atoms with E-state index in [0.717, 1.165) is 5.56 Å². The van der Waals surface area contributed by atoms with Gasteiger partial charge in [-0.05, 0) is 30.7 Å². The van der Waals surface area contributed by atoms with Gasteiger partial charge in [0.05, 0.1) is 18.2 Å². The summed E-state index contributed by atoms with van der Waals surface area (Å²) in [4.78, 5) is 15.2. The number of fused-ring (bicyclic) bond motifs is 1. The molecule has 0 aliphatic heterocycles. The van der Waals surface area contributed by atoms with Crippen LogP contribution in [0.5, 0.6) is 5.75 Å². The monoisotopic (exact) mass is 217 g/mol. The Labute approximate surface area is 92.5 Å². The molecule has 2 aromatic rings. The number of ether oxygens (including phenoxy) is 1. The highest BCUT2D eigenvalue weighted by Gasteiger charge is 2.11. The van der Waals surface area contributed by atoms with E-state index < -0.39 is 5.97 Å². The molecule has 1 N–H and O–H groups in total. The number of carbonyl (C=O) groups is 1. The van der Waals surface area contributed by atoms with Gasteiger partial charge in [-0.15, -0.1) is 0 Å². The summed E-state index contributed by atoms with van der Waals surface area (Å²) in [7, 11) is 1.55. The van der Waals surface area contributed by atoms with Crippen molar-refractivity contribution in [2.45, 2.75) is 6.92 Å². The number of aryl methyl sites for hydroxylation is 1. The molecule has 2 rings (SSSR count). The van der Waals surface area contributed by atoms with Crippen LogP contribution in [0, 0.1) is 6.92 Å². The van der Waals surface area contributed by atoms with E-state index in [1.807, 2.05) is 13.0 Å². The normalized spacial score (nSPS) is 10.4. The highest BCUT2D eigenvalue weighted by molar-refractivity contribution is 6.03. The van der Waals surface area contributed by atoms with Crippen molar-refractivity contribution in [3.05, 3.63) is 35.5 Å². The first-order chi connectivity index (χ1) is 7.63. The van der Waals surface area contributed by atoms with Gasteiger partial charge in [-0.3, -0.25) is 4.98 Å². The summed E-state index contributed by atoms with van der Waals surface area (Å²) < 4.78 is 5.12. The van der Waals surface area contributed by atoms with E-state index in [0.29, 0.717) is 16.7 Å². The van der Waals surface area contributed by atoms with Gasteiger partial charge in [-0.2, -0.15) is 0 Å². The van der Waals surface area contributed by atoms with Crippen LogP contribution in [0.25, 0.3) is 10.9 Å². The van der Waals surface area contributed by atoms with E-state index in [-0.39, 0.29) is 5.56 Å². The largest absolute Gasteiger partial charge is 0.497 e. The topological polar surface area (TPSA) is 59.4 Å². The van der Waals surface area contributed by atoms with Crippen LogP contribution < -0.4 is 4.74 Å². The van der Waals surface area contributed by atoms with Crippen molar-refractivity contribution in [3.8, 4) is 5.75 Å². The zero-order chi connectivity index (χ0) is 11.7. The number of rotatable bonds is 2. The Balaban J connectivity index is 2.85. The Bertz CT molecular complexity index is 563. The molecule has 0 aliphatic carbocycles. The summed E-state index contributed by atoms with van der Waals surface area (Å²) >= 11 is 0. The molecule has 4 nitrogen and oxygen atoms in total. The van der Waals surface area contributed by atoms with E-state index in [1.54, 1.807) is 13.2 Å². The highest BCUT2D eigenvalue weighted by atomic mass is 16.5.